The molecule has 1 heterocycles. The molecule has 0 spiro atoms. The molecule has 1 aromatic carbocycles. The van der Waals surface area contributed by atoms with Gasteiger partial charge in [0.05, 0.1) is 6.20 Å². The van der Waals surface area contributed by atoms with Gasteiger partial charge in [0.25, 0.3) is 0 Å². The number of benzene rings is 1. The van der Waals surface area contributed by atoms with Crippen LogP contribution in [0.3, 0.4) is 0 Å². The van der Waals surface area contributed by atoms with Crippen LogP contribution in [0.1, 0.15) is 24.1 Å². The Labute approximate surface area is 123 Å². The average Bonchev–Trinajstić information content (AvgIpc) is 2.44. The van der Waals surface area contributed by atoms with Gasteiger partial charge in [-0.25, -0.2) is 4.39 Å². The Balaban J connectivity index is 2.08. The van der Waals surface area contributed by atoms with E-state index in [4.69, 9.17) is 0 Å². The normalized spacial score (nSPS) is 12.3. The maximum atomic E-state index is 13.8. The standard InChI is InChI=1S/C16H19FN2S/c1-3-19-16(14-7-8-18-10-15(14)17)11-20-13-6-4-5-12(2)9-13/h4-10,16,19H,3,11H2,1-2H3. The largest absolute Gasteiger partial charge is 0.309 e. The lowest BCUT2D eigenvalue weighted by atomic mass is 10.1. The van der Waals surface area contributed by atoms with Gasteiger partial charge in [0.1, 0.15) is 5.82 Å². The number of aromatic nitrogens is 1. The zero-order chi connectivity index (χ0) is 14.4. The molecule has 20 heavy (non-hydrogen) atoms. The molecule has 4 heteroatoms. The van der Waals surface area contributed by atoms with E-state index in [2.05, 4.69) is 35.4 Å². The van der Waals surface area contributed by atoms with Crippen molar-refractivity contribution in [2.75, 3.05) is 12.3 Å². The van der Waals surface area contributed by atoms with E-state index in [1.807, 2.05) is 13.0 Å². The van der Waals surface area contributed by atoms with Crippen molar-refractivity contribution in [3.05, 3.63) is 59.7 Å². The SMILES string of the molecule is CCNC(CSc1cccc(C)c1)c1ccncc1F. The summed E-state index contributed by atoms with van der Waals surface area (Å²) in [4.78, 5) is 5.02. The van der Waals surface area contributed by atoms with Crippen molar-refractivity contribution in [2.24, 2.45) is 0 Å². The van der Waals surface area contributed by atoms with Gasteiger partial charge in [0.15, 0.2) is 0 Å². The first-order valence-electron chi connectivity index (χ1n) is 6.73. The molecule has 0 fully saturated rings. The third kappa shape index (κ3) is 4.05. The smallest absolute Gasteiger partial charge is 0.146 e. The van der Waals surface area contributed by atoms with Gasteiger partial charge in [0, 0.05) is 28.5 Å². The molecule has 0 aliphatic rings. The van der Waals surface area contributed by atoms with Gasteiger partial charge >= 0.3 is 0 Å². The van der Waals surface area contributed by atoms with Crippen molar-refractivity contribution in [1.82, 2.24) is 10.3 Å². The van der Waals surface area contributed by atoms with E-state index in [0.717, 1.165) is 12.3 Å². The Morgan fingerprint density at radius 2 is 2.20 bits per heavy atom. The Bertz CT molecular complexity index is 560. The van der Waals surface area contributed by atoms with Crippen LogP contribution in [0, 0.1) is 12.7 Å². The van der Waals surface area contributed by atoms with Crippen LogP contribution in [-0.4, -0.2) is 17.3 Å². The minimum atomic E-state index is -0.247. The van der Waals surface area contributed by atoms with E-state index in [-0.39, 0.29) is 11.9 Å². The molecule has 106 valence electrons. The maximum Gasteiger partial charge on any atom is 0.146 e. The molecule has 2 nitrogen and oxygen atoms in total. The van der Waals surface area contributed by atoms with Gasteiger partial charge < -0.3 is 5.32 Å². The zero-order valence-corrected chi connectivity index (χ0v) is 12.6. The molecule has 0 radical (unpaired) electrons. The highest BCUT2D eigenvalue weighted by atomic mass is 32.2. The second-order valence-corrected chi connectivity index (χ2v) is 5.73. The fourth-order valence-electron chi connectivity index (χ4n) is 2.06. The zero-order valence-electron chi connectivity index (χ0n) is 11.8. The van der Waals surface area contributed by atoms with E-state index in [0.29, 0.717) is 5.56 Å². The highest BCUT2D eigenvalue weighted by molar-refractivity contribution is 7.99. The molecule has 1 unspecified atom stereocenters. The highest BCUT2D eigenvalue weighted by Gasteiger charge is 2.15. The monoisotopic (exact) mass is 290 g/mol. The molecule has 0 saturated heterocycles. The molecule has 0 amide bonds. The van der Waals surface area contributed by atoms with Crippen LogP contribution in [0.5, 0.6) is 0 Å². The quantitative estimate of drug-likeness (QED) is 0.815. The summed E-state index contributed by atoms with van der Waals surface area (Å²) < 4.78 is 13.8. The maximum absolute atomic E-state index is 13.8. The van der Waals surface area contributed by atoms with Gasteiger partial charge in [0.2, 0.25) is 0 Å². The molecule has 0 bridgehead atoms. The Kier molecular flexibility index (Phi) is 5.56. The number of pyridine rings is 1. The molecular formula is C16H19FN2S. The van der Waals surface area contributed by atoms with Crippen LogP contribution in [0.2, 0.25) is 0 Å². The number of halogens is 1. The first kappa shape index (κ1) is 15.0. The lowest BCUT2D eigenvalue weighted by molar-refractivity contribution is 0.541. The molecule has 1 aromatic heterocycles. The first-order chi connectivity index (χ1) is 9.70. The predicted octanol–water partition coefficient (Wildman–Crippen LogP) is 3.97. The molecular weight excluding hydrogens is 271 g/mol. The minimum absolute atomic E-state index is 0.00601. The van der Waals surface area contributed by atoms with E-state index < -0.39 is 0 Å². The van der Waals surface area contributed by atoms with Gasteiger partial charge in [-0.1, -0.05) is 24.6 Å². The fraction of sp³-hybridized carbons (Fsp3) is 0.312. The van der Waals surface area contributed by atoms with Crippen LogP contribution < -0.4 is 5.32 Å². The second kappa shape index (κ2) is 7.41. The summed E-state index contributed by atoms with van der Waals surface area (Å²) in [6.07, 6.45) is 2.91. The summed E-state index contributed by atoms with van der Waals surface area (Å²) in [5, 5.41) is 3.34. The van der Waals surface area contributed by atoms with E-state index >= 15 is 0 Å². The van der Waals surface area contributed by atoms with Crippen molar-refractivity contribution in [3.63, 3.8) is 0 Å². The lowest BCUT2D eigenvalue weighted by Gasteiger charge is -2.18. The van der Waals surface area contributed by atoms with Crippen LogP contribution in [0.4, 0.5) is 4.39 Å². The summed E-state index contributed by atoms with van der Waals surface area (Å²) in [5.74, 6) is 0.543. The van der Waals surface area contributed by atoms with Gasteiger partial charge in [-0.15, -0.1) is 11.8 Å². The number of thioether (sulfide) groups is 1. The number of nitrogens with zero attached hydrogens (tertiary/aromatic N) is 1. The number of hydrogen-bond acceptors (Lipinski definition) is 3. The van der Waals surface area contributed by atoms with Crippen molar-refractivity contribution in [1.29, 1.82) is 0 Å². The third-order valence-corrected chi connectivity index (χ3v) is 4.12. The van der Waals surface area contributed by atoms with Crippen molar-refractivity contribution >= 4 is 11.8 Å². The predicted molar refractivity (Wildman–Crippen MR) is 82.5 cm³/mol. The topological polar surface area (TPSA) is 24.9 Å². The van der Waals surface area contributed by atoms with E-state index in [1.165, 1.54) is 16.7 Å². The highest BCUT2D eigenvalue weighted by Crippen LogP contribution is 2.26. The Morgan fingerprint density at radius 1 is 1.35 bits per heavy atom. The molecule has 1 atom stereocenters. The van der Waals surface area contributed by atoms with Crippen LogP contribution in [0.25, 0.3) is 0 Å². The van der Waals surface area contributed by atoms with E-state index in [1.54, 1.807) is 24.0 Å². The number of aryl methyl sites for hydroxylation is 1. The lowest BCUT2D eigenvalue weighted by Crippen LogP contribution is -2.24. The Morgan fingerprint density at radius 3 is 2.90 bits per heavy atom. The second-order valence-electron chi connectivity index (χ2n) is 4.63. The van der Waals surface area contributed by atoms with Gasteiger partial charge in [-0.05, 0) is 31.7 Å². The van der Waals surface area contributed by atoms with Crippen molar-refractivity contribution in [3.8, 4) is 0 Å². The van der Waals surface area contributed by atoms with E-state index in [9.17, 15) is 4.39 Å². The number of nitrogens with one attached hydrogen (secondary N) is 1. The van der Waals surface area contributed by atoms with Gasteiger partial charge in [-0.3, -0.25) is 4.98 Å². The van der Waals surface area contributed by atoms with Crippen LogP contribution in [-0.2, 0) is 0 Å². The van der Waals surface area contributed by atoms with Crippen LogP contribution in [0.15, 0.2) is 47.6 Å². The molecule has 0 saturated carbocycles. The van der Waals surface area contributed by atoms with Crippen molar-refractivity contribution in [2.45, 2.75) is 24.8 Å². The minimum Gasteiger partial charge on any atom is -0.309 e. The summed E-state index contributed by atoms with van der Waals surface area (Å²) in [6.45, 7) is 4.92. The summed E-state index contributed by atoms with van der Waals surface area (Å²) in [5.41, 5.74) is 1.92. The fourth-order valence-corrected chi connectivity index (χ4v) is 3.16. The molecule has 0 aliphatic heterocycles. The Hall–Kier alpha value is -1.39. The average molecular weight is 290 g/mol. The molecule has 0 aliphatic carbocycles. The first-order valence-corrected chi connectivity index (χ1v) is 7.71. The summed E-state index contributed by atoms with van der Waals surface area (Å²) >= 11 is 1.74. The number of rotatable bonds is 6. The molecule has 2 rings (SSSR count). The summed E-state index contributed by atoms with van der Waals surface area (Å²) in [6, 6.07) is 10.1. The van der Waals surface area contributed by atoms with Gasteiger partial charge in [-0.2, -0.15) is 0 Å². The summed E-state index contributed by atoms with van der Waals surface area (Å²) in [7, 11) is 0. The van der Waals surface area contributed by atoms with Crippen molar-refractivity contribution < 1.29 is 4.39 Å². The number of hydrogen-bond donors (Lipinski definition) is 1. The van der Waals surface area contributed by atoms with Crippen LogP contribution >= 0.6 is 11.8 Å². The molecule has 2 aromatic rings. The molecule has 1 N–H and O–H groups in total. The third-order valence-electron chi connectivity index (χ3n) is 3.04.